The van der Waals surface area contributed by atoms with Crippen molar-refractivity contribution in [1.29, 1.82) is 0 Å². The van der Waals surface area contributed by atoms with Crippen molar-refractivity contribution in [3.8, 4) is 0 Å². The van der Waals surface area contributed by atoms with Crippen LogP contribution in [0.3, 0.4) is 0 Å². The normalized spacial score (nSPS) is 15.5. The Bertz CT molecular complexity index is 613. The van der Waals surface area contributed by atoms with Crippen LogP contribution in [0.1, 0.15) is 36.2 Å². The summed E-state index contributed by atoms with van der Waals surface area (Å²) >= 11 is 6.03. The van der Waals surface area contributed by atoms with Gasteiger partial charge in [0.25, 0.3) is 0 Å². The molecule has 2 heterocycles. The monoisotopic (exact) mass is 345 g/mol. The second kappa shape index (κ2) is 10.4. The molecule has 0 amide bonds. The molecule has 0 unspecified atom stereocenters. The Morgan fingerprint density at radius 2 is 1.54 bits per heavy atom. The average Bonchev–Trinajstić information content (AvgIpc) is 2.84. The fourth-order valence-corrected chi connectivity index (χ4v) is 3.11. The third-order valence-electron chi connectivity index (χ3n) is 4.13. The van der Waals surface area contributed by atoms with Crippen molar-refractivity contribution in [3.63, 3.8) is 0 Å². The fourth-order valence-electron chi connectivity index (χ4n) is 2.91. The first-order chi connectivity index (χ1) is 11.8. The fraction of sp³-hybridized carbons (Fsp3) is 0.450. The van der Waals surface area contributed by atoms with Crippen LogP contribution < -0.4 is 10.6 Å². The van der Waals surface area contributed by atoms with E-state index >= 15 is 0 Å². The zero-order valence-electron chi connectivity index (χ0n) is 14.7. The lowest BCUT2D eigenvalue weighted by Gasteiger charge is -2.11. The van der Waals surface area contributed by atoms with Crippen LogP contribution in [0, 0.1) is 0 Å². The molecule has 0 radical (unpaired) electrons. The number of pyridine rings is 1. The van der Waals surface area contributed by atoms with E-state index in [1.807, 2.05) is 32.2 Å². The lowest BCUT2D eigenvalue weighted by atomic mass is 10.0. The van der Waals surface area contributed by atoms with Crippen molar-refractivity contribution in [3.05, 3.63) is 63.9 Å². The quantitative estimate of drug-likeness (QED) is 0.765. The van der Waals surface area contributed by atoms with Gasteiger partial charge < -0.3 is 10.6 Å². The molecule has 1 saturated heterocycles. The number of piperazine rings is 1. The van der Waals surface area contributed by atoms with Gasteiger partial charge in [0.2, 0.25) is 0 Å². The Morgan fingerprint density at radius 1 is 0.875 bits per heavy atom. The molecule has 0 saturated carbocycles. The van der Waals surface area contributed by atoms with Gasteiger partial charge in [-0.05, 0) is 47.7 Å². The van der Waals surface area contributed by atoms with E-state index in [1.54, 1.807) is 0 Å². The molecule has 24 heavy (non-hydrogen) atoms. The van der Waals surface area contributed by atoms with Crippen molar-refractivity contribution in [2.45, 2.75) is 33.1 Å². The van der Waals surface area contributed by atoms with Gasteiger partial charge in [-0.2, -0.15) is 0 Å². The molecular formula is C20H28ClN3. The Morgan fingerprint density at radius 3 is 2.21 bits per heavy atom. The summed E-state index contributed by atoms with van der Waals surface area (Å²) < 4.78 is 0. The smallest absolute Gasteiger partial charge is 0.0479 e. The summed E-state index contributed by atoms with van der Waals surface area (Å²) in [4.78, 5) is 4.47. The molecule has 1 aromatic heterocycles. The number of hydrogen-bond acceptors (Lipinski definition) is 3. The highest BCUT2D eigenvalue weighted by Gasteiger charge is 2.13. The highest BCUT2D eigenvalue weighted by atomic mass is 35.5. The van der Waals surface area contributed by atoms with E-state index in [-0.39, 0.29) is 0 Å². The number of rotatable bonds is 0. The van der Waals surface area contributed by atoms with Crippen LogP contribution in [0.15, 0.2) is 36.5 Å². The van der Waals surface area contributed by atoms with Gasteiger partial charge in [0.1, 0.15) is 0 Å². The first-order valence-electron chi connectivity index (χ1n) is 8.94. The summed E-state index contributed by atoms with van der Waals surface area (Å²) in [6.45, 7) is 8.56. The van der Waals surface area contributed by atoms with Gasteiger partial charge in [-0.1, -0.05) is 37.6 Å². The Kier molecular flexibility index (Phi) is 8.23. The van der Waals surface area contributed by atoms with Gasteiger partial charge in [-0.25, -0.2) is 0 Å². The largest absolute Gasteiger partial charge is 0.314 e. The SMILES string of the molecule is C1CNCCN1.CC.Clc1ccc2c(c1)CCc1cccnc1C2. The summed E-state index contributed by atoms with van der Waals surface area (Å²) in [5.74, 6) is 0. The van der Waals surface area contributed by atoms with Crippen LogP contribution in [0.25, 0.3) is 0 Å². The van der Waals surface area contributed by atoms with E-state index in [9.17, 15) is 0 Å². The first kappa shape index (κ1) is 18.9. The van der Waals surface area contributed by atoms with Crippen LogP contribution in [-0.4, -0.2) is 31.2 Å². The minimum Gasteiger partial charge on any atom is -0.314 e. The van der Waals surface area contributed by atoms with Crippen LogP contribution in [0.5, 0.6) is 0 Å². The third kappa shape index (κ3) is 5.59. The van der Waals surface area contributed by atoms with Crippen LogP contribution in [0.4, 0.5) is 0 Å². The second-order valence-electron chi connectivity index (χ2n) is 5.70. The number of fused-ring (bicyclic) bond motifs is 2. The molecule has 0 bridgehead atoms. The van der Waals surface area contributed by atoms with E-state index in [4.69, 9.17) is 11.6 Å². The van der Waals surface area contributed by atoms with E-state index < -0.39 is 0 Å². The van der Waals surface area contributed by atoms with Gasteiger partial charge in [-0.3, -0.25) is 4.98 Å². The van der Waals surface area contributed by atoms with Gasteiger partial charge in [0.15, 0.2) is 0 Å². The number of halogens is 1. The molecule has 4 heteroatoms. The van der Waals surface area contributed by atoms with Crippen LogP contribution >= 0.6 is 11.6 Å². The molecule has 0 atom stereocenters. The third-order valence-corrected chi connectivity index (χ3v) is 4.37. The lowest BCUT2D eigenvalue weighted by molar-refractivity contribution is 0.534. The van der Waals surface area contributed by atoms with Gasteiger partial charge in [0, 0.05) is 49.5 Å². The molecule has 130 valence electrons. The molecule has 1 aliphatic carbocycles. The molecule has 2 N–H and O–H groups in total. The molecule has 3 nitrogen and oxygen atoms in total. The van der Waals surface area contributed by atoms with Crippen molar-refractivity contribution in [2.24, 2.45) is 0 Å². The van der Waals surface area contributed by atoms with Gasteiger partial charge in [-0.15, -0.1) is 0 Å². The summed E-state index contributed by atoms with van der Waals surface area (Å²) in [6.07, 6.45) is 4.94. The molecule has 4 rings (SSSR count). The Labute approximate surface area is 150 Å². The maximum absolute atomic E-state index is 6.03. The highest BCUT2D eigenvalue weighted by Crippen LogP contribution is 2.25. The number of benzene rings is 1. The van der Waals surface area contributed by atoms with Crippen molar-refractivity contribution >= 4 is 11.6 Å². The maximum Gasteiger partial charge on any atom is 0.0479 e. The van der Waals surface area contributed by atoms with Crippen molar-refractivity contribution in [2.75, 3.05) is 26.2 Å². The molecule has 0 spiro atoms. The number of nitrogens with zero attached hydrogens (tertiary/aromatic N) is 1. The standard InChI is InChI=1S/C14H12ClN.C4H10N2.C2H6/c15-13-6-5-12-9-14-10(2-1-7-16-14)3-4-11(12)8-13;1-2-6-4-3-5-1;1-2/h1-2,5-8H,3-4,9H2;5-6H,1-4H2;1-2H3. The summed E-state index contributed by atoms with van der Waals surface area (Å²) in [7, 11) is 0. The zero-order chi connectivity index (χ0) is 17.2. The predicted molar refractivity (Wildman–Crippen MR) is 103 cm³/mol. The number of hydrogen-bond donors (Lipinski definition) is 2. The summed E-state index contributed by atoms with van der Waals surface area (Å²) in [5.41, 5.74) is 5.31. The second-order valence-corrected chi connectivity index (χ2v) is 6.14. The maximum atomic E-state index is 6.03. The first-order valence-corrected chi connectivity index (χ1v) is 9.32. The minimum atomic E-state index is 0.831. The van der Waals surface area contributed by atoms with E-state index in [0.717, 1.165) is 50.5 Å². The van der Waals surface area contributed by atoms with Gasteiger partial charge >= 0.3 is 0 Å². The van der Waals surface area contributed by atoms with Crippen molar-refractivity contribution in [1.82, 2.24) is 15.6 Å². The Balaban J connectivity index is 0.000000219. The molecule has 2 aliphatic rings. The molecule has 1 fully saturated rings. The van der Waals surface area contributed by atoms with E-state index in [2.05, 4.69) is 33.8 Å². The summed E-state index contributed by atoms with van der Waals surface area (Å²) in [5, 5.41) is 7.28. The molecule has 2 aromatic rings. The lowest BCUT2D eigenvalue weighted by Crippen LogP contribution is -2.39. The predicted octanol–water partition coefficient (Wildman–Crippen LogP) is 3.63. The Hall–Kier alpha value is -1.42. The zero-order valence-corrected chi connectivity index (χ0v) is 15.5. The van der Waals surface area contributed by atoms with Crippen LogP contribution in [0.2, 0.25) is 5.02 Å². The number of aromatic nitrogens is 1. The molecular weight excluding hydrogens is 318 g/mol. The van der Waals surface area contributed by atoms with Crippen LogP contribution in [-0.2, 0) is 19.3 Å². The molecule has 1 aromatic carbocycles. The highest BCUT2D eigenvalue weighted by molar-refractivity contribution is 6.30. The van der Waals surface area contributed by atoms with Gasteiger partial charge in [0.05, 0.1) is 0 Å². The number of aryl methyl sites for hydroxylation is 2. The van der Waals surface area contributed by atoms with E-state index in [0.29, 0.717) is 0 Å². The summed E-state index contributed by atoms with van der Waals surface area (Å²) in [6, 6.07) is 10.4. The average molecular weight is 346 g/mol. The number of nitrogens with one attached hydrogen (secondary N) is 2. The van der Waals surface area contributed by atoms with Crippen molar-refractivity contribution < 1.29 is 0 Å². The topological polar surface area (TPSA) is 37.0 Å². The minimum absolute atomic E-state index is 0.831. The van der Waals surface area contributed by atoms with E-state index in [1.165, 1.54) is 22.4 Å². The molecule has 1 aliphatic heterocycles.